The molecule has 1 saturated heterocycles. The van der Waals surface area contributed by atoms with Gasteiger partial charge < -0.3 is 4.74 Å². The number of ether oxygens (including phenoxy) is 1. The average molecular weight is 455 g/mol. The molecule has 8 rings (SSSR count). The normalized spacial score (nSPS) is 33.5. The van der Waals surface area contributed by atoms with Gasteiger partial charge in [-0.25, -0.2) is 0 Å². The fourth-order valence-corrected chi connectivity index (χ4v) is 6.27. The van der Waals surface area contributed by atoms with Crippen LogP contribution in [0.4, 0.5) is 13.2 Å². The van der Waals surface area contributed by atoms with Crippen molar-refractivity contribution in [3.8, 4) is 0 Å². The van der Waals surface area contributed by atoms with E-state index in [4.69, 9.17) is 9.72 Å². The average Bonchev–Trinajstić information content (AvgIpc) is 3.47. The number of pyridine rings is 1. The summed E-state index contributed by atoms with van der Waals surface area (Å²) in [6.45, 7) is 0.613. The molecule has 172 valence electrons. The zero-order valence-electron chi connectivity index (χ0n) is 18.1. The third-order valence-electron chi connectivity index (χ3n) is 8.23. The van der Waals surface area contributed by atoms with Crippen LogP contribution in [0.5, 0.6) is 0 Å². The van der Waals surface area contributed by atoms with Crippen molar-refractivity contribution in [2.45, 2.75) is 74.6 Å². The van der Waals surface area contributed by atoms with E-state index in [1.807, 2.05) is 16.9 Å². The maximum Gasteiger partial charge on any atom is 0.394 e. The van der Waals surface area contributed by atoms with Gasteiger partial charge in [0.1, 0.15) is 5.52 Å². The van der Waals surface area contributed by atoms with Gasteiger partial charge in [-0.2, -0.15) is 18.3 Å². The van der Waals surface area contributed by atoms with Crippen LogP contribution in [0.2, 0.25) is 0 Å². The summed E-state index contributed by atoms with van der Waals surface area (Å²) in [5, 5.41) is 4.50. The van der Waals surface area contributed by atoms with Gasteiger partial charge in [0.25, 0.3) is 0 Å². The second-order valence-corrected chi connectivity index (χ2v) is 10.5. The van der Waals surface area contributed by atoms with Crippen LogP contribution in [0.3, 0.4) is 0 Å². The first-order valence-electron chi connectivity index (χ1n) is 11.7. The monoisotopic (exact) mass is 455 g/mol. The van der Waals surface area contributed by atoms with Crippen molar-refractivity contribution in [1.82, 2.24) is 24.7 Å². The summed E-state index contributed by atoms with van der Waals surface area (Å²) in [6.07, 6.45) is 7.31. The fourth-order valence-electron chi connectivity index (χ4n) is 6.27. The summed E-state index contributed by atoms with van der Waals surface area (Å²) in [5.74, 6) is 0.155. The summed E-state index contributed by atoms with van der Waals surface area (Å²) in [5.41, 5.74) is 2.00. The van der Waals surface area contributed by atoms with Gasteiger partial charge in [-0.3, -0.25) is 19.6 Å². The minimum Gasteiger partial charge on any atom is -0.373 e. The molecule has 2 atom stereocenters. The van der Waals surface area contributed by atoms with Gasteiger partial charge in [0.15, 0.2) is 0 Å². The van der Waals surface area contributed by atoms with Crippen LogP contribution in [0.1, 0.15) is 80.0 Å². The van der Waals surface area contributed by atoms with E-state index in [1.54, 1.807) is 12.4 Å². The summed E-state index contributed by atoms with van der Waals surface area (Å²) in [4.78, 5) is 14.0. The molecule has 2 bridgehead atoms. The number of hydrogen-bond acceptors (Lipinski definition) is 5. The van der Waals surface area contributed by atoms with E-state index >= 15 is 0 Å². The summed E-state index contributed by atoms with van der Waals surface area (Å²) in [7, 11) is 0. The standard InChI is InChI=1S/C24H24F3N5O/c25-24(26,27)23-11-22(12-23,13-23)21-20-18(28-4-5-29-20)8-17(31-21)14-3-6-33-19(7-14)15-9-30-32(10-15)16-1-2-16/h4-5,8-10,14,16,19H,1-3,6-7,11-13H2/t14-,19+,22?,23?/m0/s1. The van der Waals surface area contributed by atoms with Crippen molar-refractivity contribution < 1.29 is 17.9 Å². The second-order valence-electron chi connectivity index (χ2n) is 10.5. The third-order valence-corrected chi connectivity index (χ3v) is 8.23. The molecule has 5 aliphatic rings. The first kappa shape index (κ1) is 19.9. The second kappa shape index (κ2) is 6.52. The van der Waals surface area contributed by atoms with Crippen LogP contribution in [0.25, 0.3) is 11.0 Å². The van der Waals surface area contributed by atoms with E-state index in [9.17, 15) is 13.2 Å². The zero-order valence-corrected chi connectivity index (χ0v) is 18.1. The molecule has 0 aromatic carbocycles. The van der Waals surface area contributed by atoms with Gasteiger partial charge in [0, 0.05) is 47.8 Å². The van der Waals surface area contributed by atoms with Crippen LogP contribution in [0.15, 0.2) is 30.9 Å². The molecule has 5 fully saturated rings. The number of nitrogens with zero attached hydrogens (tertiary/aromatic N) is 5. The van der Waals surface area contributed by atoms with E-state index in [1.165, 1.54) is 12.8 Å². The number of halogens is 3. The molecule has 3 aromatic heterocycles. The molecule has 9 heteroatoms. The lowest BCUT2D eigenvalue weighted by molar-refractivity contribution is -0.337. The molecule has 4 saturated carbocycles. The van der Waals surface area contributed by atoms with Gasteiger partial charge >= 0.3 is 6.18 Å². The van der Waals surface area contributed by atoms with E-state index < -0.39 is 17.0 Å². The minimum atomic E-state index is -4.15. The Morgan fingerprint density at radius 1 is 1.06 bits per heavy atom. The van der Waals surface area contributed by atoms with Crippen molar-refractivity contribution in [2.24, 2.45) is 5.41 Å². The van der Waals surface area contributed by atoms with Crippen LogP contribution in [-0.2, 0) is 10.2 Å². The highest BCUT2D eigenvalue weighted by atomic mass is 19.4. The Bertz CT molecular complexity index is 1230. The molecule has 6 nitrogen and oxygen atoms in total. The maximum atomic E-state index is 13.5. The number of rotatable bonds is 4. The van der Waals surface area contributed by atoms with E-state index in [2.05, 4.69) is 21.3 Å². The predicted octanol–water partition coefficient (Wildman–Crippen LogP) is 5.18. The van der Waals surface area contributed by atoms with Crippen LogP contribution < -0.4 is 0 Å². The Morgan fingerprint density at radius 2 is 1.85 bits per heavy atom. The van der Waals surface area contributed by atoms with Gasteiger partial charge in [0.2, 0.25) is 0 Å². The molecule has 0 amide bonds. The van der Waals surface area contributed by atoms with E-state index in [0.717, 1.165) is 24.1 Å². The number of alkyl halides is 3. The van der Waals surface area contributed by atoms with Crippen molar-refractivity contribution in [3.05, 3.63) is 47.8 Å². The Balaban J connectivity index is 1.20. The lowest BCUT2D eigenvalue weighted by Crippen LogP contribution is -2.70. The van der Waals surface area contributed by atoms with E-state index in [-0.39, 0.29) is 31.3 Å². The summed E-state index contributed by atoms with van der Waals surface area (Å²) < 4.78 is 48.6. The fraction of sp³-hybridized carbons (Fsp3) is 0.583. The molecule has 0 unspecified atom stereocenters. The Kier molecular flexibility index (Phi) is 3.93. The lowest BCUT2D eigenvalue weighted by Gasteiger charge is -2.70. The molecular weight excluding hydrogens is 431 g/mol. The predicted molar refractivity (Wildman–Crippen MR) is 113 cm³/mol. The van der Waals surface area contributed by atoms with Crippen molar-refractivity contribution in [1.29, 1.82) is 0 Å². The molecular formula is C24H24F3N5O. The molecule has 0 spiro atoms. The molecule has 33 heavy (non-hydrogen) atoms. The molecule has 1 aliphatic heterocycles. The molecule has 4 heterocycles. The molecule has 0 radical (unpaired) electrons. The maximum absolute atomic E-state index is 13.5. The zero-order chi connectivity index (χ0) is 22.4. The van der Waals surface area contributed by atoms with Gasteiger partial charge in [-0.1, -0.05) is 0 Å². The van der Waals surface area contributed by atoms with Crippen LogP contribution >= 0.6 is 0 Å². The first-order valence-corrected chi connectivity index (χ1v) is 11.7. The SMILES string of the molecule is FC(F)(F)C12CC(c3nc([C@H]4CCO[C@@H](c5cnn(C6CC6)c5)C4)cc4nccnc34)(C1)C2. The topological polar surface area (TPSA) is 65.7 Å². The minimum absolute atomic E-state index is 0.0532. The summed E-state index contributed by atoms with van der Waals surface area (Å²) in [6, 6.07) is 2.49. The Labute approximate surface area is 188 Å². The van der Waals surface area contributed by atoms with Crippen molar-refractivity contribution >= 4 is 11.0 Å². The highest BCUT2D eigenvalue weighted by Crippen LogP contribution is 2.78. The number of aromatic nitrogens is 5. The van der Waals surface area contributed by atoms with E-state index in [0.29, 0.717) is 29.4 Å². The number of hydrogen-bond donors (Lipinski definition) is 0. The van der Waals surface area contributed by atoms with Gasteiger partial charge in [-0.15, -0.1) is 0 Å². The smallest absolute Gasteiger partial charge is 0.373 e. The lowest BCUT2D eigenvalue weighted by atomic mass is 9.34. The van der Waals surface area contributed by atoms with Gasteiger partial charge in [-0.05, 0) is 51.0 Å². The van der Waals surface area contributed by atoms with Gasteiger partial charge in [0.05, 0.1) is 35.0 Å². The Morgan fingerprint density at radius 3 is 2.61 bits per heavy atom. The van der Waals surface area contributed by atoms with Crippen molar-refractivity contribution in [3.63, 3.8) is 0 Å². The highest BCUT2D eigenvalue weighted by molar-refractivity contribution is 5.78. The highest BCUT2D eigenvalue weighted by Gasteiger charge is 2.79. The van der Waals surface area contributed by atoms with Crippen LogP contribution in [0, 0.1) is 5.41 Å². The summed E-state index contributed by atoms with van der Waals surface area (Å²) >= 11 is 0. The number of fused-ring (bicyclic) bond motifs is 1. The van der Waals surface area contributed by atoms with Crippen LogP contribution in [-0.4, -0.2) is 37.5 Å². The first-order chi connectivity index (χ1) is 15.9. The Hall–Kier alpha value is -2.55. The molecule has 4 aliphatic carbocycles. The third kappa shape index (κ3) is 2.90. The largest absolute Gasteiger partial charge is 0.394 e. The molecule has 0 N–H and O–H groups in total. The molecule has 3 aromatic rings. The quantitative estimate of drug-likeness (QED) is 0.543. The van der Waals surface area contributed by atoms with Crippen molar-refractivity contribution in [2.75, 3.05) is 6.61 Å².